The number of nitrogens with one attached hydrogen (secondary N) is 1. The Bertz CT molecular complexity index is 833. The lowest BCUT2D eigenvalue weighted by Gasteiger charge is -2.02. The first kappa shape index (κ1) is 16.2. The second-order valence-electron chi connectivity index (χ2n) is 5.29. The largest absolute Gasteiger partial charge is 0.497 e. The van der Waals surface area contributed by atoms with E-state index in [0.29, 0.717) is 10.9 Å². The first-order valence-corrected chi connectivity index (χ1v) is 8.26. The van der Waals surface area contributed by atoms with E-state index in [1.807, 2.05) is 36.6 Å². The molecule has 1 N–H and O–H groups in total. The molecule has 3 aromatic rings. The van der Waals surface area contributed by atoms with Crippen molar-refractivity contribution in [2.24, 2.45) is 0 Å². The van der Waals surface area contributed by atoms with Crippen LogP contribution in [0.3, 0.4) is 0 Å². The summed E-state index contributed by atoms with van der Waals surface area (Å²) in [6.07, 6.45) is 0.221. The van der Waals surface area contributed by atoms with Gasteiger partial charge < -0.3 is 14.6 Å². The van der Waals surface area contributed by atoms with Crippen molar-refractivity contribution in [3.63, 3.8) is 0 Å². The molecule has 0 spiro atoms. The summed E-state index contributed by atoms with van der Waals surface area (Å²) in [5.41, 5.74) is 3.34. The van der Waals surface area contributed by atoms with Crippen LogP contribution in [0.5, 0.6) is 5.75 Å². The van der Waals surface area contributed by atoms with E-state index in [9.17, 15) is 4.79 Å². The van der Waals surface area contributed by atoms with E-state index in [-0.39, 0.29) is 12.3 Å². The molecule has 0 aliphatic rings. The highest BCUT2D eigenvalue weighted by atomic mass is 32.1. The molecule has 0 radical (unpaired) electrons. The zero-order valence-corrected chi connectivity index (χ0v) is 14.4. The van der Waals surface area contributed by atoms with E-state index in [4.69, 9.17) is 9.26 Å². The van der Waals surface area contributed by atoms with E-state index in [0.717, 1.165) is 28.3 Å². The molecule has 0 aliphatic carbocycles. The highest BCUT2D eigenvalue weighted by Crippen LogP contribution is 2.26. The number of rotatable bonds is 5. The third-order valence-corrected chi connectivity index (χ3v) is 4.41. The van der Waals surface area contributed by atoms with E-state index < -0.39 is 0 Å². The Hall–Kier alpha value is -2.67. The van der Waals surface area contributed by atoms with Gasteiger partial charge in [-0.15, -0.1) is 11.3 Å². The van der Waals surface area contributed by atoms with Crippen molar-refractivity contribution in [3.8, 4) is 17.0 Å². The zero-order chi connectivity index (χ0) is 17.1. The minimum atomic E-state index is -0.139. The van der Waals surface area contributed by atoms with Crippen molar-refractivity contribution in [1.29, 1.82) is 0 Å². The molecule has 1 amide bonds. The van der Waals surface area contributed by atoms with Gasteiger partial charge in [-0.3, -0.25) is 4.79 Å². The van der Waals surface area contributed by atoms with Crippen LogP contribution in [0.1, 0.15) is 17.0 Å². The standard InChI is InChI=1S/C17H17N3O3S/c1-10-14(11(2)23-20-10)8-16(21)19-17-18-15(9-24-17)12-4-6-13(22-3)7-5-12/h4-7,9H,8H2,1-3H3,(H,18,19,21). The minimum absolute atomic E-state index is 0.139. The van der Waals surface area contributed by atoms with E-state index >= 15 is 0 Å². The first-order chi connectivity index (χ1) is 11.6. The lowest BCUT2D eigenvalue weighted by Crippen LogP contribution is -2.15. The van der Waals surface area contributed by atoms with Gasteiger partial charge >= 0.3 is 0 Å². The average Bonchev–Trinajstić information content (AvgIpc) is 3.17. The van der Waals surface area contributed by atoms with Gasteiger partial charge in [-0.25, -0.2) is 4.98 Å². The molecule has 3 rings (SSSR count). The molecule has 2 aromatic heterocycles. The monoisotopic (exact) mass is 343 g/mol. The van der Waals surface area contributed by atoms with Crippen molar-refractivity contribution in [2.75, 3.05) is 12.4 Å². The maximum absolute atomic E-state index is 12.2. The van der Waals surface area contributed by atoms with E-state index in [1.165, 1.54) is 11.3 Å². The van der Waals surface area contributed by atoms with Crippen molar-refractivity contribution in [3.05, 3.63) is 46.7 Å². The van der Waals surface area contributed by atoms with Crippen LogP contribution in [0.15, 0.2) is 34.2 Å². The highest BCUT2D eigenvalue weighted by molar-refractivity contribution is 7.14. The SMILES string of the molecule is COc1ccc(-c2csc(NC(=O)Cc3c(C)noc3C)n2)cc1. The number of anilines is 1. The molecule has 0 fully saturated rings. The summed E-state index contributed by atoms with van der Waals surface area (Å²) in [5.74, 6) is 1.32. The summed E-state index contributed by atoms with van der Waals surface area (Å²) in [7, 11) is 1.63. The Morgan fingerprint density at radius 1 is 1.29 bits per heavy atom. The van der Waals surface area contributed by atoms with Crippen LogP contribution in [0.2, 0.25) is 0 Å². The Morgan fingerprint density at radius 3 is 2.67 bits per heavy atom. The van der Waals surface area contributed by atoms with Gasteiger partial charge in [0.05, 0.1) is 24.9 Å². The summed E-state index contributed by atoms with van der Waals surface area (Å²) >= 11 is 1.39. The highest BCUT2D eigenvalue weighted by Gasteiger charge is 2.15. The Morgan fingerprint density at radius 2 is 2.04 bits per heavy atom. The smallest absolute Gasteiger partial charge is 0.230 e. The normalized spacial score (nSPS) is 10.6. The van der Waals surface area contributed by atoms with Gasteiger partial charge in [0.15, 0.2) is 5.13 Å². The topological polar surface area (TPSA) is 77.2 Å². The van der Waals surface area contributed by atoms with Crippen LogP contribution in [-0.4, -0.2) is 23.2 Å². The molecule has 24 heavy (non-hydrogen) atoms. The number of hydrogen-bond donors (Lipinski definition) is 1. The van der Waals surface area contributed by atoms with Gasteiger partial charge in [0.2, 0.25) is 5.91 Å². The second-order valence-corrected chi connectivity index (χ2v) is 6.15. The molecule has 0 unspecified atom stereocenters. The fraction of sp³-hybridized carbons (Fsp3) is 0.235. The molecule has 7 heteroatoms. The van der Waals surface area contributed by atoms with Crippen molar-refractivity contribution >= 4 is 22.4 Å². The van der Waals surface area contributed by atoms with Gasteiger partial charge in [-0.05, 0) is 38.1 Å². The predicted octanol–water partition coefficient (Wildman–Crippen LogP) is 3.60. The Kier molecular flexibility index (Phi) is 4.61. The van der Waals surface area contributed by atoms with Crippen LogP contribution in [0.4, 0.5) is 5.13 Å². The fourth-order valence-electron chi connectivity index (χ4n) is 2.30. The molecule has 2 heterocycles. The number of carbonyl (C=O) groups is 1. The summed E-state index contributed by atoms with van der Waals surface area (Å²) in [6, 6.07) is 7.63. The van der Waals surface area contributed by atoms with Crippen LogP contribution >= 0.6 is 11.3 Å². The van der Waals surface area contributed by atoms with Crippen LogP contribution in [0.25, 0.3) is 11.3 Å². The summed E-state index contributed by atoms with van der Waals surface area (Å²) in [5, 5.41) is 9.15. The van der Waals surface area contributed by atoms with Gasteiger partial charge in [0.25, 0.3) is 0 Å². The second kappa shape index (κ2) is 6.84. The van der Waals surface area contributed by atoms with Gasteiger partial charge in [-0.2, -0.15) is 0 Å². The third kappa shape index (κ3) is 3.46. The van der Waals surface area contributed by atoms with Gasteiger partial charge in [0.1, 0.15) is 11.5 Å². The quantitative estimate of drug-likeness (QED) is 0.766. The maximum atomic E-state index is 12.2. The number of nitrogens with zero attached hydrogens (tertiary/aromatic N) is 2. The van der Waals surface area contributed by atoms with Crippen molar-refractivity contribution in [2.45, 2.75) is 20.3 Å². The summed E-state index contributed by atoms with van der Waals surface area (Å²) in [4.78, 5) is 16.6. The number of amides is 1. The lowest BCUT2D eigenvalue weighted by atomic mass is 10.1. The van der Waals surface area contributed by atoms with Crippen LogP contribution in [0, 0.1) is 13.8 Å². The zero-order valence-electron chi connectivity index (χ0n) is 13.6. The molecule has 0 saturated carbocycles. The molecule has 124 valence electrons. The summed E-state index contributed by atoms with van der Waals surface area (Å²) < 4.78 is 10.2. The number of aromatic nitrogens is 2. The van der Waals surface area contributed by atoms with Gasteiger partial charge in [-0.1, -0.05) is 5.16 Å². The molecule has 0 atom stereocenters. The molecular weight excluding hydrogens is 326 g/mol. The Balaban J connectivity index is 1.68. The van der Waals surface area contributed by atoms with Crippen LogP contribution < -0.4 is 10.1 Å². The maximum Gasteiger partial charge on any atom is 0.230 e. The number of carbonyl (C=O) groups excluding carboxylic acids is 1. The molecule has 1 aromatic carbocycles. The number of aryl methyl sites for hydroxylation is 2. The molecular formula is C17H17N3O3S. The predicted molar refractivity (Wildman–Crippen MR) is 92.4 cm³/mol. The molecule has 6 nitrogen and oxygen atoms in total. The number of benzene rings is 1. The number of hydrogen-bond acceptors (Lipinski definition) is 6. The van der Waals surface area contributed by atoms with Crippen LogP contribution in [-0.2, 0) is 11.2 Å². The van der Waals surface area contributed by atoms with Gasteiger partial charge in [0, 0.05) is 16.5 Å². The van der Waals surface area contributed by atoms with E-state index in [2.05, 4.69) is 15.5 Å². The number of methoxy groups -OCH3 is 1. The molecule has 0 bridgehead atoms. The third-order valence-electron chi connectivity index (χ3n) is 3.65. The fourth-order valence-corrected chi connectivity index (χ4v) is 3.04. The molecule has 0 aliphatic heterocycles. The number of thiazole rings is 1. The lowest BCUT2D eigenvalue weighted by molar-refractivity contribution is -0.115. The molecule has 0 saturated heterocycles. The average molecular weight is 343 g/mol. The number of ether oxygens (including phenoxy) is 1. The van der Waals surface area contributed by atoms with E-state index in [1.54, 1.807) is 14.0 Å². The van der Waals surface area contributed by atoms with Crippen molar-refractivity contribution in [1.82, 2.24) is 10.1 Å². The summed E-state index contributed by atoms with van der Waals surface area (Å²) in [6.45, 7) is 3.62. The Labute approximate surface area is 143 Å². The van der Waals surface area contributed by atoms with Crippen molar-refractivity contribution < 1.29 is 14.1 Å². The first-order valence-electron chi connectivity index (χ1n) is 7.38. The minimum Gasteiger partial charge on any atom is -0.497 e.